The number of rotatable bonds is 4. The molecule has 0 bridgehead atoms. The van der Waals surface area contributed by atoms with Gasteiger partial charge in [-0.3, -0.25) is 0 Å². The molecule has 0 amide bonds. The number of hydrogen-bond donors (Lipinski definition) is 0. The maximum Gasteiger partial charge on any atom is 0.336 e. The maximum absolute atomic E-state index is 12.0. The topological polar surface area (TPSA) is 69.4 Å². The maximum atomic E-state index is 12.0. The summed E-state index contributed by atoms with van der Waals surface area (Å²) in [6.07, 6.45) is 2.98. The quantitative estimate of drug-likeness (QED) is 0.298. The van der Waals surface area contributed by atoms with Crippen molar-refractivity contribution in [1.29, 1.82) is 0 Å². The van der Waals surface area contributed by atoms with Gasteiger partial charge in [0.05, 0.1) is 10.2 Å². The van der Waals surface area contributed by atoms with Gasteiger partial charge < -0.3 is 9.15 Å². The van der Waals surface area contributed by atoms with Crippen molar-refractivity contribution in [2.24, 2.45) is 0 Å². The highest BCUT2D eigenvalue weighted by atomic mass is 32.1. The Morgan fingerprint density at radius 2 is 2.07 bits per heavy atom. The van der Waals surface area contributed by atoms with Crippen LogP contribution in [0.3, 0.4) is 0 Å². The molecule has 0 fully saturated rings. The molecular weight excluding hydrogens is 362 g/mol. The van der Waals surface area contributed by atoms with Gasteiger partial charge in [-0.05, 0) is 36.8 Å². The molecule has 0 atom stereocenters. The molecule has 2 heterocycles. The first-order valence-electron chi connectivity index (χ1n) is 8.32. The van der Waals surface area contributed by atoms with E-state index in [4.69, 9.17) is 9.15 Å². The Bertz CT molecular complexity index is 1200. The van der Waals surface area contributed by atoms with Gasteiger partial charge in [0.1, 0.15) is 17.2 Å². The van der Waals surface area contributed by atoms with Gasteiger partial charge in [0.25, 0.3) is 0 Å². The highest BCUT2D eigenvalue weighted by molar-refractivity contribution is 7.19. The monoisotopic (exact) mass is 377 g/mol. The minimum absolute atomic E-state index is 0.00577. The number of carbonyl (C=O) groups is 1. The van der Waals surface area contributed by atoms with E-state index < -0.39 is 11.6 Å². The van der Waals surface area contributed by atoms with E-state index >= 15 is 0 Å². The summed E-state index contributed by atoms with van der Waals surface area (Å²) in [6.45, 7) is 1.91. The van der Waals surface area contributed by atoms with Gasteiger partial charge in [-0.15, -0.1) is 11.3 Å². The molecule has 0 N–H and O–H groups in total. The molecule has 5 nitrogen and oxygen atoms in total. The number of fused-ring (bicyclic) bond motifs is 2. The Hall–Kier alpha value is -3.25. The van der Waals surface area contributed by atoms with Gasteiger partial charge in [-0.25, -0.2) is 14.6 Å². The fraction of sp³-hybridized carbons (Fsp3) is 0.0952. The molecule has 4 aromatic rings. The molecule has 27 heavy (non-hydrogen) atoms. The number of thiazole rings is 1. The summed E-state index contributed by atoms with van der Waals surface area (Å²) in [5.41, 5.74) is 2.51. The number of nitrogens with zero attached hydrogens (tertiary/aromatic N) is 1. The van der Waals surface area contributed by atoms with Crippen LogP contribution in [0.25, 0.3) is 27.3 Å². The summed E-state index contributed by atoms with van der Waals surface area (Å²) in [5, 5.41) is 1.48. The minimum atomic E-state index is -0.497. The van der Waals surface area contributed by atoms with Crippen LogP contribution in [0.15, 0.2) is 63.8 Å². The standard InChI is InChI=1S/C21H15NO4S/c1-13-6-7-15-14(11-21(24)26-17(15)10-13)12-25-20(23)9-8-19-22-16-4-2-3-5-18(16)27-19/h2-11H,12H2,1H3/b9-8+. The molecule has 0 saturated heterocycles. The van der Waals surface area contributed by atoms with E-state index in [2.05, 4.69) is 4.98 Å². The van der Waals surface area contributed by atoms with Crippen molar-refractivity contribution in [3.63, 3.8) is 0 Å². The first kappa shape index (κ1) is 17.2. The van der Waals surface area contributed by atoms with Crippen LogP contribution in [-0.2, 0) is 16.1 Å². The molecule has 0 spiro atoms. The highest BCUT2D eigenvalue weighted by Crippen LogP contribution is 2.22. The van der Waals surface area contributed by atoms with Crippen LogP contribution in [0.5, 0.6) is 0 Å². The summed E-state index contributed by atoms with van der Waals surface area (Å²) >= 11 is 1.50. The Labute approximate surface area is 158 Å². The lowest BCUT2D eigenvalue weighted by molar-refractivity contribution is -0.138. The summed E-state index contributed by atoms with van der Waals surface area (Å²) in [4.78, 5) is 28.2. The van der Waals surface area contributed by atoms with E-state index in [1.807, 2.05) is 43.3 Å². The number of para-hydroxylation sites is 1. The van der Waals surface area contributed by atoms with Crippen LogP contribution in [0.2, 0.25) is 0 Å². The first-order valence-corrected chi connectivity index (χ1v) is 9.14. The van der Waals surface area contributed by atoms with Crippen LogP contribution in [0.4, 0.5) is 0 Å². The first-order chi connectivity index (χ1) is 13.1. The molecule has 2 aromatic carbocycles. The Balaban J connectivity index is 1.49. The number of benzene rings is 2. The van der Waals surface area contributed by atoms with Gasteiger partial charge in [0.2, 0.25) is 0 Å². The van der Waals surface area contributed by atoms with Crippen LogP contribution in [0, 0.1) is 6.92 Å². The third-order valence-corrected chi connectivity index (χ3v) is 5.03. The van der Waals surface area contributed by atoms with Crippen molar-refractivity contribution in [3.05, 3.63) is 81.2 Å². The van der Waals surface area contributed by atoms with E-state index in [1.165, 1.54) is 23.5 Å². The summed E-state index contributed by atoms with van der Waals surface area (Å²) in [5.74, 6) is -0.497. The SMILES string of the molecule is Cc1ccc2c(COC(=O)/C=C/c3nc4ccccc4s3)cc(=O)oc2c1. The number of esters is 1. The number of aryl methyl sites for hydroxylation is 1. The van der Waals surface area contributed by atoms with Gasteiger partial charge in [-0.2, -0.15) is 0 Å². The summed E-state index contributed by atoms with van der Waals surface area (Å²) in [6, 6.07) is 14.7. The molecule has 2 aromatic heterocycles. The highest BCUT2D eigenvalue weighted by Gasteiger charge is 2.08. The fourth-order valence-electron chi connectivity index (χ4n) is 2.75. The van der Waals surface area contributed by atoms with Gasteiger partial charge in [0.15, 0.2) is 0 Å². The van der Waals surface area contributed by atoms with E-state index in [0.29, 0.717) is 11.1 Å². The largest absolute Gasteiger partial charge is 0.458 e. The third-order valence-electron chi connectivity index (χ3n) is 4.03. The smallest absolute Gasteiger partial charge is 0.336 e. The molecule has 0 unspecified atom stereocenters. The van der Waals surface area contributed by atoms with Crippen LogP contribution < -0.4 is 5.63 Å². The van der Waals surface area contributed by atoms with E-state index in [9.17, 15) is 9.59 Å². The number of aromatic nitrogens is 1. The predicted octanol–water partition coefficient (Wildman–Crippen LogP) is 4.47. The third kappa shape index (κ3) is 3.80. The zero-order chi connectivity index (χ0) is 18.8. The lowest BCUT2D eigenvalue weighted by Gasteiger charge is -2.06. The summed E-state index contributed by atoms with van der Waals surface area (Å²) < 4.78 is 11.6. The average molecular weight is 377 g/mol. The number of ether oxygens (including phenoxy) is 1. The van der Waals surface area contributed by atoms with Gasteiger partial charge in [0, 0.05) is 23.1 Å². The molecule has 134 valence electrons. The van der Waals surface area contributed by atoms with Crippen molar-refractivity contribution >= 4 is 44.6 Å². The van der Waals surface area contributed by atoms with Crippen molar-refractivity contribution in [1.82, 2.24) is 4.98 Å². The van der Waals surface area contributed by atoms with Crippen LogP contribution in [0.1, 0.15) is 16.1 Å². The molecule has 0 aliphatic heterocycles. The number of carbonyl (C=O) groups excluding carboxylic acids is 1. The Morgan fingerprint density at radius 3 is 2.93 bits per heavy atom. The number of hydrogen-bond acceptors (Lipinski definition) is 6. The zero-order valence-electron chi connectivity index (χ0n) is 14.5. The second-order valence-corrected chi connectivity index (χ2v) is 7.11. The van der Waals surface area contributed by atoms with Crippen molar-refractivity contribution in [2.75, 3.05) is 0 Å². The Morgan fingerprint density at radius 1 is 1.22 bits per heavy atom. The molecule has 0 aliphatic carbocycles. The van der Waals surface area contributed by atoms with Gasteiger partial charge >= 0.3 is 11.6 Å². The predicted molar refractivity (Wildman–Crippen MR) is 106 cm³/mol. The lowest BCUT2D eigenvalue weighted by atomic mass is 10.1. The van der Waals surface area contributed by atoms with Crippen LogP contribution >= 0.6 is 11.3 Å². The second-order valence-electron chi connectivity index (χ2n) is 6.05. The van der Waals surface area contributed by atoms with Crippen molar-refractivity contribution < 1.29 is 13.9 Å². The zero-order valence-corrected chi connectivity index (χ0v) is 15.3. The molecule has 4 rings (SSSR count). The van der Waals surface area contributed by atoms with Crippen LogP contribution in [-0.4, -0.2) is 11.0 Å². The van der Waals surface area contributed by atoms with E-state index in [-0.39, 0.29) is 6.61 Å². The average Bonchev–Trinajstić information content (AvgIpc) is 3.07. The minimum Gasteiger partial charge on any atom is -0.458 e. The normalized spacial score (nSPS) is 11.4. The Kier molecular flexibility index (Phi) is 4.56. The fourth-order valence-corrected chi connectivity index (χ4v) is 3.62. The molecule has 0 saturated carbocycles. The molecule has 0 aliphatic rings. The molecule has 0 radical (unpaired) electrons. The molecule has 6 heteroatoms. The van der Waals surface area contributed by atoms with Crippen molar-refractivity contribution in [3.8, 4) is 0 Å². The van der Waals surface area contributed by atoms with Crippen molar-refractivity contribution in [2.45, 2.75) is 13.5 Å². The second kappa shape index (κ2) is 7.17. The van der Waals surface area contributed by atoms with E-state index in [0.717, 1.165) is 26.2 Å². The lowest BCUT2D eigenvalue weighted by Crippen LogP contribution is -2.05. The van der Waals surface area contributed by atoms with E-state index in [1.54, 1.807) is 12.1 Å². The summed E-state index contributed by atoms with van der Waals surface area (Å²) in [7, 11) is 0. The van der Waals surface area contributed by atoms with Gasteiger partial charge in [-0.1, -0.05) is 24.3 Å². The molecular formula is C21H15NO4S.